The van der Waals surface area contributed by atoms with Gasteiger partial charge in [-0.05, 0) is 67.1 Å². The zero-order valence-electron chi connectivity index (χ0n) is 25.3. The Morgan fingerprint density at radius 2 is 1.68 bits per heavy atom. The van der Waals surface area contributed by atoms with Gasteiger partial charge in [0, 0.05) is 42.0 Å². The van der Waals surface area contributed by atoms with Crippen molar-refractivity contribution in [2.45, 2.75) is 76.9 Å². The summed E-state index contributed by atoms with van der Waals surface area (Å²) in [7, 11) is -3.58. The monoisotopic (exact) mass is 657 g/mol. The van der Waals surface area contributed by atoms with E-state index in [1.807, 2.05) is 55.5 Å². The molecule has 0 spiro atoms. The van der Waals surface area contributed by atoms with E-state index < -0.39 is 16.1 Å². The van der Waals surface area contributed by atoms with Gasteiger partial charge in [-0.25, -0.2) is 8.42 Å². The van der Waals surface area contributed by atoms with Crippen LogP contribution >= 0.6 is 23.2 Å². The van der Waals surface area contributed by atoms with Crippen molar-refractivity contribution in [2.24, 2.45) is 0 Å². The van der Waals surface area contributed by atoms with Crippen LogP contribution in [0.25, 0.3) is 0 Å². The zero-order chi connectivity index (χ0) is 31.7. The van der Waals surface area contributed by atoms with Crippen LogP contribution in [-0.2, 0) is 32.6 Å². The van der Waals surface area contributed by atoms with Crippen LogP contribution in [0.1, 0.15) is 61.6 Å². The highest BCUT2D eigenvalue weighted by Gasteiger charge is 2.32. The molecule has 0 radical (unpaired) electrons. The molecule has 1 aliphatic carbocycles. The first-order chi connectivity index (χ1) is 21.0. The number of nitrogens with zero attached hydrogens (tertiary/aromatic N) is 2. The number of sulfonamides is 1. The molecule has 2 amide bonds. The van der Waals surface area contributed by atoms with Crippen LogP contribution in [0, 0.1) is 6.92 Å². The van der Waals surface area contributed by atoms with E-state index in [4.69, 9.17) is 23.2 Å². The molecule has 10 heteroatoms. The van der Waals surface area contributed by atoms with Crippen LogP contribution in [0.15, 0.2) is 72.8 Å². The molecule has 1 saturated carbocycles. The van der Waals surface area contributed by atoms with Gasteiger partial charge in [0.2, 0.25) is 21.8 Å². The van der Waals surface area contributed by atoms with E-state index in [0.717, 1.165) is 49.5 Å². The average Bonchev–Trinajstić information content (AvgIpc) is 2.98. The molecule has 1 fully saturated rings. The smallest absolute Gasteiger partial charge is 0.243 e. The fourth-order valence-corrected chi connectivity index (χ4v) is 7.14. The van der Waals surface area contributed by atoms with Gasteiger partial charge in [0.05, 0.1) is 11.9 Å². The second-order valence-electron chi connectivity index (χ2n) is 11.6. The number of nitrogens with one attached hydrogen (secondary N) is 1. The highest BCUT2D eigenvalue weighted by atomic mass is 35.5. The van der Waals surface area contributed by atoms with Gasteiger partial charge >= 0.3 is 0 Å². The predicted molar refractivity (Wildman–Crippen MR) is 179 cm³/mol. The lowest BCUT2D eigenvalue weighted by Gasteiger charge is -2.34. The summed E-state index contributed by atoms with van der Waals surface area (Å²) in [5.41, 5.74) is 3.09. The minimum absolute atomic E-state index is 0.0467. The Labute approximate surface area is 271 Å². The third-order valence-electron chi connectivity index (χ3n) is 8.02. The highest BCUT2D eigenvalue weighted by Crippen LogP contribution is 2.26. The number of anilines is 1. The second kappa shape index (κ2) is 15.8. The van der Waals surface area contributed by atoms with Crippen molar-refractivity contribution in [2.75, 3.05) is 17.1 Å². The van der Waals surface area contributed by atoms with Crippen molar-refractivity contribution in [1.82, 2.24) is 10.2 Å². The fourth-order valence-electron chi connectivity index (χ4n) is 5.72. The molecule has 0 saturated heterocycles. The van der Waals surface area contributed by atoms with E-state index in [1.165, 1.54) is 4.31 Å². The van der Waals surface area contributed by atoms with Crippen LogP contribution in [0.4, 0.5) is 5.69 Å². The Morgan fingerprint density at radius 3 is 2.34 bits per heavy atom. The molecular weight excluding hydrogens is 617 g/mol. The average molecular weight is 659 g/mol. The molecule has 1 atom stereocenters. The lowest BCUT2D eigenvalue weighted by atomic mass is 9.94. The summed E-state index contributed by atoms with van der Waals surface area (Å²) in [5, 5.41) is 4.11. The molecule has 44 heavy (non-hydrogen) atoms. The Hall–Kier alpha value is -3.07. The van der Waals surface area contributed by atoms with Gasteiger partial charge in [-0.3, -0.25) is 13.9 Å². The molecule has 3 aromatic carbocycles. The van der Waals surface area contributed by atoms with Gasteiger partial charge in [0.1, 0.15) is 6.04 Å². The lowest BCUT2D eigenvalue weighted by Crippen LogP contribution is -2.53. The first-order valence-corrected chi connectivity index (χ1v) is 17.7. The van der Waals surface area contributed by atoms with Gasteiger partial charge in [0.25, 0.3) is 0 Å². The molecule has 0 unspecified atom stereocenters. The number of carbonyl (C=O) groups is 2. The number of hydrogen-bond acceptors (Lipinski definition) is 4. The number of halogens is 2. The number of rotatable bonds is 13. The molecule has 0 aromatic heterocycles. The third kappa shape index (κ3) is 9.71. The summed E-state index contributed by atoms with van der Waals surface area (Å²) in [4.78, 5) is 29.7. The molecule has 7 nitrogen and oxygen atoms in total. The van der Waals surface area contributed by atoms with Crippen molar-refractivity contribution in [3.05, 3.63) is 99.5 Å². The summed E-state index contributed by atoms with van der Waals surface area (Å²) in [6.45, 7) is 2.14. The molecular formula is C34H41Cl2N3O4S. The standard InChI is InChI=1S/C34H41Cl2N3O4S/c1-25-11-9-16-30(21-25)39(44(2,42)43)20-10-17-33(40)38(24-27-18-19-28(35)23-31(27)36)32(22-26-12-5-3-6-13-26)34(41)37-29-14-7-4-8-15-29/h3,5-6,9,11-13,16,18-19,21,23,29,32H,4,7-8,10,14-15,17,20,22,24H2,1-2H3,(H,37,41)/t32-/m0/s1. The van der Waals surface area contributed by atoms with E-state index in [9.17, 15) is 18.0 Å². The quantitative estimate of drug-likeness (QED) is 0.216. The molecule has 0 heterocycles. The van der Waals surface area contributed by atoms with Crippen LogP contribution in [0.2, 0.25) is 10.0 Å². The summed E-state index contributed by atoms with van der Waals surface area (Å²) < 4.78 is 26.7. The zero-order valence-corrected chi connectivity index (χ0v) is 27.7. The molecule has 1 N–H and O–H groups in total. The predicted octanol–water partition coefficient (Wildman–Crippen LogP) is 6.94. The van der Waals surface area contributed by atoms with Crippen LogP contribution in [0.3, 0.4) is 0 Å². The van der Waals surface area contributed by atoms with Gasteiger partial charge < -0.3 is 10.2 Å². The molecule has 0 aliphatic heterocycles. The van der Waals surface area contributed by atoms with Crippen molar-refractivity contribution in [3.8, 4) is 0 Å². The van der Waals surface area contributed by atoms with Crippen LogP contribution < -0.4 is 9.62 Å². The Morgan fingerprint density at radius 1 is 0.955 bits per heavy atom. The minimum atomic E-state index is -3.58. The number of hydrogen-bond donors (Lipinski definition) is 1. The van der Waals surface area contributed by atoms with Crippen molar-refractivity contribution < 1.29 is 18.0 Å². The maximum absolute atomic E-state index is 14.1. The third-order valence-corrected chi connectivity index (χ3v) is 9.80. The van der Waals surface area contributed by atoms with E-state index in [1.54, 1.807) is 29.2 Å². The Kier molecular flexibility index (Phi) is 12.1. The van der Waals surface area contributed by atoms with Crippen LogP contribution in [0.5, 0.6) is 0 Å². The van der Waals surface area contributed by atoms with Crippen LogP contribution in [-0.4, -0.2) is 50.0 Å². The van der Waals surface area contributed by atoms with Gasteiger partial charge in [-0.1, -0.05) is 91.0 Å². The van der Waals surface area contributed by atoms with Gasteiger partial charge in [0.15, 0.2) is 0 Å². The van der Waals surface area contributed by atoms with Crippen molar-refractivity contribution >= 4 is 50.7 Å². The topological polar surface area (TPSA) is 86.8 Å². The van der Waals surface area contributed by atoms with E-state index in [-0.39, 0.29) is 43.8 Å². The van der Waals surface area contributed by atoms with E-state index >= 15 is 0 Å². The van der Waals surface area contributed by atoms with E-state index in [2.05, 4.69) is 5.32 Å². The lowest BCUT2D eigenvalue weighted by molar-refractivity contribution is -0.141. The first kappa shape index (κ1) is 33.8. The number of carbonyl (C=O) groups excluding carboxylic acids is 2. The maximum atomic E-state index is 14.1. The fraction of sp³-hybridized carbons (Fsp3) is 0.412. The largest absolute Gasteiger partial charge is 0.352 e. The molecule has 236 valence electrons. The molecule has 0 bridgehead atoms. The summed E-state index contributed by atoms with van der Waals surface area (Å²) in [6, 6.07) is 21.3. The maximum Gasteiger partial charge on any atom is 0.243 e. The number of amides is 2. The number of benzene rings is 3. The molecule has 1 aliphatic rings. The molecule has 4 rings (SSSR count). The Balaban J connectivity index is 1.61. The Bertz CT molecular complexity index is 1530. The first-order valence-electron chi connectivity index (χ1n) is 15.1. The summed E-state index contributed by atoms with van der Waals surface area (Å²) in [5.74, 6) is -0.454. The summed E-state index contributed by atoms with van der Waals surface area (Å²) in [6.07, 6.45) is 6.93. The molecule has 3 aromatic rings. The number of aryl methyl sites for hydroxylation is 1. The normalized spacial score (nSPS) is 14.5. The SMILES string of the molecule is Cc1cccc(N(CCCC(=O)N(Cc2ccc(Cl)cc2Cl)[C@@H](Cc2ccccc2)C(=O)NC2CCCCC2)S(C)(=O)=O)c1. The van der Waals surface area contributed by atoms with Crippen molar-refractivity contribution in [1.29, 1.82) is 0 Å². The van der Waals surface area contributed by atoms with E-state index in [0.29, 0.717) is 27.7 Å². The van der Waals surface area contributed by atoms with Gasteiger partial charge in [-0.2, -0.15) is 0 Å². The van der Waals surface area contributed by atoms with Crippen molar-refractivity contribution in [3.63, 3.8) is 0 Å². The summed E-state index contributed by atoms with van der Waals surface area (Å²) >= 11 is 12.7. The minimum Gasteiger partial charge on any atom is -0.352 e. The highest BCUT2D eigenvalue weighted by molar-refractivity contribution is 7.92. The second-order valence-corrected chi connectivity index (χ2v) is 14.3. The van der Waals surface area contributed by atoms with Gasteiger partial charge in [-0.15, -0.1) is 0 Å².